The maximum atomic E-state index is 9.21. The van der Waals surface area contributed by atoms with Gasteiger partial charge < -0.3 is 28.0 Å². The van der Waals surface area contributed by atoms with Crippen LogP contribution in [0.2, 0.25) is 6.04 Å². The van der Waals surface area contributed by atoms with Crippen molar-refractivity contribution < 1.29 is 28.0 Å². The average molecular weight is 353 g/mol. The van der Waals surface area contributed by atoms with Crippen LogP contribution in [0.3, 0.4) is 0 Å². The number of rotatable bonds is 16. The van der Waals surface area contributed by atoms with Crippen LogP contribution in [0, 0.1) is 0 Å². The van der Waals surface area contributed by atoms with Gasteiger partial charge in [0.2, 0.25) is 0 Å². The highest BCUT2D eigenvalue weighted by molar-refractivity contribution is 6.60. The molecule has 0 saturated carbocycles. The molecule has 140 valence electrons. The lowest BCUT2D eigenvalue weighted by Gasteiger charge is -2.40. The Morgan fingerprint density at radius 1 is 0.739 bits per heavy atom. The van der Waals surface area contributed by atoms with E-state index in [0.29, 0.717) is 19.8 Å². The quantitative estimate of drug-likeness (QED) is 0.326. The molecule has 0 aromatic rings. The largest absolute Gasteiger partial charge is 0.506 e. The minimum Gasteiger partial charge on any atom is -0.396 e. The predicted molar refractivity (Wildman–Crippen MR) is 94.2 cm³/mol. The standard InChI is InChI=1S/C16H38NO5Si/c1-5-17(11-9-14-18,12-10-15-19)13-16-23(20-6-2,21-7-3)22-8-4/h18-19H,5-16H2,1-4H3/q+1. The summed E-state index contributed by atoms with van der Waals surface area (Å²) in [4.78, 5) is 0. The number of hydrogen-bond acceptors (Lipinski definition) is 5. The van der Waals surface area contributed by atoms with Crippen molar-refractivity contribution in [1.29, 1.82) is 0 Å². The van der Waals surface area contributed by atoms with Crippen LogP contribution in [0.15, 0.2) is 0 Å². The Hall–Kier alpha value is -0.0231. The van der Waals surface area contributed by atoms with Crippen molar-refractivity contribution in [1.82, 2.24) is 0 Å². The number of aliphatic hydroxyl groups excluding tert-OH is 2. The molecule has 0 heterocycles. The van der Waals surface area contributed by atoms with Gasteiger partial charge in [0, 0.05) is 45.9 Å². The van der Waals surface area contributed by atoms with Gasteiger partial charge in [0.15, 0.2) is 0 Å². The SMILES string of the molecule is CCO[Si](CC[N+](CC)(CCCO)CCCO)(OCC)OCC. The molecule has 0 fully saturated rings. The number of nitrogens with zero attached hydrogens (tertiary/aromatic N) is 1. The third kappa shape index (κ3) is 8.58. The summed E-state index contributed by atoms with van der Waals surface area (Å²) in [6, 6.07) is 0.771. The second-order valence-corrected chi connectivity index (χ2v) is 8.45. The van der Waals surface area contributed by atoms with E-state index in [9.17, 15) is 10.2 Å². The molecule has 0 unspecified atom stereocenters. The second kappa shape index (κ2) is 13.3. The molecule has 0 saturated heterocycles. The number of aliphatic hydroxyl groups is 2. The van der Waals surface area contributed by atoms with Gasteiger partial charge in [0.25, 0.3) is 0 Å². The minimum atomic E-state index is -2.64. The van der Waals surface area contributed by atoms with Crippen molar-refractivity contribution in [2.24, 2.45) is 0 Å². The summed E-state index contributed by atoms with van der Waals surface area (Å²) >= 11 is 0. The van der Waals surface area contributed by atoms with Crippen LogP contribution in [0.1, 0.15) is 40.5 Å². The molecule has 0 rings (SSSR count). The van der Waals surface area contributed by atoms with Crippen LogP contribution in [0.25, 0.3) is 0 Å². The van der Waals surface area contributed by atoms with E-state index in [4.69, 9.17) is 13.3 Å². The van der Waals surface area contributed by atoms with E-state index in [0.717, 1.165) is 49.5 Å². The molecule has 7 heteroatoms. The first-order chi connectivity index (χ1) is 11.1. The van der Waals surface area contributed by atoms with Gasteiger partial charge in [-0.1, -0.05) is 0 Å². The van der Waals surface area contributed by atoms with Crippen LogP contribution >= 0.6 is 0 Å². The van der Waals surface area contributed by atoms with Crippen LogP contribution in [-0.4, -0.2) is 82.7 Å². The Kier molecular flexibility index (Phi) is 13.3. The van der Waals surface area contributed by atoms with Crippen LogP contribution in [0.4, 0.5) is 0 Å². The zero-order chi connectivity index (χ0) is 17.6. The van der Waals surface area contributed by atoms with Crippen LogP contribution in [0.5, 0.6) is 0 Å². The monoisotopic (exact) mass is 352 g/mol. The molecule has 0 aliphatic heterocycles. The van der Waals surface area contributed by atoms with Gasteiger partial charge >= 0.3 is 8.80 Å². The fraction of sp³-hybridized carbons (Fsp3) is 1.00. The van der Waals surface area contributed by atoms with Crippen molar-refractivity contribution in [3.05, 3.63) is 0 Å². The lowest BCUT2D eigenvalue weighted by molar-refractivity contribution is -0.925. The fourth-order valence-corrected chi connectivity index (χ4v) is 5.75. The highest BCUT2D eigenvalue weighted by Gasteiger charge is 2.43. The van der Waals surface area contributed by atoms with Crippen molar-refractivity contribution in [3.8, 4) is 0 Å². The van der Waals surface area contributed by atoms with Crippen molar-refractivity contribution >= 4 is 8.80 Å². The topological polar surface area (TPSA) is 68.2 Å². The molecule has 23 heavy (non-hydrogen) atoms. The molecular weight excluding hydrogens is 314 g/mol. The molecule has 0 bridgehead atoms. The summed E-state index contributed by atoms with van der Waals surface area (Å²) in [6.45, 7) is 13.9. The van der Waals surface area contributed by atoms with Crippen molar-refractivity contribution in [3.63, 3.8) is 0 Å². The zero-order valence-corrected chi connectivity index (χ0v) is 16.6. The first-order valence-corrected chi connectivity index (χ1v) is 11.0. The van der Waals surface area contributed by atoms with Gasteiger partial charge in [0.05, 0.1) is 32.2 Å². The highest BCUT2D eigenvalue weighted by Crippen LogP contribution is 2.21. The third-order valence-corrected chi connectivity index (χ3v) is 7.26. The van der Waals surface area contributed by atoms with E-state index in [2.05, 4.69) is 6.92 Å². The first kappa shape index (κ1) is 23.0. The van der Waals surface area contributed by atoms with E-state index in [1.54, 1.807) is 0 Å². The van der Waals surface area contributed by atoms with E-state index < -0.39 is 8.80 Å². The lowest BCUT2D eigenvalue weighted by atomic mass is 10.2. The zero-order valence-electron chi connectivity index (χ0n) is 15.6. The molecule has 0 atom stereocenters. The summed E-state index contributed by atoms with van der Waals surface area (Å²) < 4.78 is 18.7. The molecule has 0 spiro atoms. The predicted octanol–water partition coefficient (Wildman–Crippen LogP) is 1.64. The fourth-order valence-electron chi connectivity index (χ4n) is 3.00. The van der Waals surface area contributed by atoms with E-state index in [1.807, 2.05) is 20.8 Å². The van der Waals surface area contributed by atoms with E-state index in [-0.39, 0.29) is 13.2 Å². The molecule has 0 aliphatic carbocycles. The maximum absolute atomic E-state index is 9.21. The maximum Gasteiger partial charge on any atom is 0.506 e. The molecule has 0 aromatic carbocycles. The van der Waals surface area contributed by atoms with Crippen molar-refractivity contribution in [2.75, 3.05) is 59.2 Å². The van der Waals surface area contributed by atoms with Crippen molar-refractivity contribution in [2.45, 2.75) is 46.6 Å². The average Bonchev–Trinajstić information content (AvgIpc) is 2.55. The van der Waals surface area contributed by atoms with Crippen LogP contribution in [-0.2, 0) is 13.3 Å². The van der Waals surface area contributed by atoms with Gasteiger partial charge in [0.1, 0.15) is 0 Å². The third-order valence-electron chi connectivity index (χ3n) is 4.24. The first-order valence-electron chi connectivity index (χ1n) is 9.06. The Morgan fingerprint density at radius 3 is 1.48 bits per heavy atom. The lowest BCUT2D eigenvalue weighted by Crippen LogP contribution is -2.55. The number of quaternary nitrogens is 1. The number of hydrogen-bond donors (Lipinski definition) is 2. The molecule has 0 aromatic heterocycles. The Morgan fingerprint density at radius 2 is 1.17 bits per heavy atom. The second-order valence-electron chi connectivity index (χ2n) is 5.72. The van der Waals surface area contributed by atoms with Gasteiger partial charge in [-0.2, -0.15) is 0 Å². The highest BCUT2D eigenvalue weighted by atomic mass is 28.4. The van der Waals surface area contributed by atoms with Gasteiger partial charge in [-0.15, -0.1) is 0 Å². The molecule has 0 amide bonds. The van der Waals surface area contributed by atoms with E-state index in [1.165, 1.54) is 0 Å². The summed E-state index contributed by atoms with van der Waals surface area (Å²) in [5.41, 5.74) is 0. The summed E-state index contributed by atoms with van der Waals surface area (Å²) in [7, 11) is -2.64. The molecule has 0 radical (unpaired) electrons. The summed E-state index contributed by atoms with van der Waals surface area (Å²) in [5, 5.41) is 18.4. The smallest absolute Gasteiger partial charge is 0.396 e. The molecule has 6 nitrogen and oxygen atoms in total. The van der Waals surface area contributed by atoms with Crippen LogP contribution < -0.4 is 0 Å². The van der Waals surface area contributed by atoms with Gasteiger partial charge in [-0.05, 0) is 27.7 Å². The minimum absolute atomic E-state index is 0.198. The Bertz CT molecular complexity index is 256. The summed E-state index contributed by atoms with van der Waals surface area (Å²) in [5.74, 6) is 0. The molecule has 0 aliphatic rings. The van der Waals surface area contributed by atoms with Gasteiger partial charge in [-0.25, -0.2) is 0 Å². The summed E-state index contributed by atoms with van der Waals surface area (Å²) in [6.07, 6.45) is 1.54. The van der Waals surface area contributed by atoms with E-state index >= 15 is 0 Å². The Balaban J connectivity index is 5.02. The van der Waals surface area contributed by atoms with Gasteiger partial charge in [-0.3, -0.25) is 0 Å². The normalized spacial score (nSPS) is 12.8. The molecular formula is C16H38NO5Si+. The Labute approximate surface area is 143 Å². The molecule has 2 N–H and O–H groups in total.